The van der Waals surface area contributed by atoms with E-state index in [1.54, 1.807) is 24.3 Å². The number of carbonyl (C=O) groups is 3. The van der Waals surface area contributed by atoms with Gasteiger partial charge in [0.25, 0.3) is 5.91 Å². The fourth-order valence-electron chi connectivity index (χ4n) is 3.63. The van der Waals surface area contributed by atoms with E-state index in [0.29, 0.717) is 43.1 Å². The van der Waals surface area contributed by atoms with Crippen LogP contribution in [0.4, 0.5) is 0 Å². The third kappa shape index (κ3) is 7.56. The minimum atomic E-state index is -1.00. The number of hydrogen-bond acceptors (Lipinski definition) is 5. The van der Waals surface area contributed by atoms with Gasteiger partial charge in [0, 0.05) is 23.7 Å². The Kier molecular flexibility index (Phi) is 9.24. The third-order valence-electron chi connectivity index (χ3n) is 5.42. The van der Waals surface area contributed by atoms with Crippen molar-refractivity contribution in [3.8, 4) is 0 Å². The Morgan fingerprint density at radius 3 is 2.30 bits per heavy atom. The second-order valence-electron chi connectivity index (χ2n) is 7.88. The first-order valence-corrected chi connectivity index (χ1v) is 11.3. The lowest BCUT2D eigenvalue weighted by Crippen LogP contribution is -2.63. The Bertz CT molecular complexity index is 931. The lowest BCUT2D eigenvalue weighted by Gasteiger charge is -2.37. The Morgan fingerprint density at radius 2 is 1.61 bits per heavy atom. The van der Waals surface area contributed by atoms with Crippen LogP contribution in [0.1, 0.15) is 28.8 Å². The highest BCUT2D eigenvalue weighted by molar-refractivity contribution is 6.30. The van der Waals surface area contributed by atoms with Gasteiger partial charge in [-0.15, -0.1) is 0 Å². The molecule has 3 amide bonds. The third-order valence-corrected chi connectivity index (χ3v) is 5.67. The smallest absolute Gasteiger partial charge is 0.251 e. The molecule has 176 valence electrons. The van der Waals surface area contributed by atoms with Gasteiger partial charge in [-0.1, -0.05) is 41.9 Å². The van der Waals surface area contributed by atoms with Crippen LogP contribution in [-0.2, 0) is 20.9 Å². The maximum absolute atomic E-state index is 13.0. The first kappa shape index (κ1) is 24.7. The van der Waals surface area contributed by atoms with Crippen LogP contribution in [0.2, 0.25) is 5.02 Å². The molecule has 1 saturated heterocycles. The Balaban J connectivity index is 1.45. The van der Waals surface area contributed by atoms with Crippen molar-refractivity contribution >= 4 is 29.3 Å². The van der Waals surface area contributed by atoms with Gasteiger partial charge < -0.3 is 26.0 Å². The van der Waals surface area contributed by atoms with Gasteiger partial charge in [-0.3, -0.25) is 14.4 Å². The maximum atomic E-state index is 13.0. The van der Waals surface area contributed by atoms with Gasteiger partial charge in [0.2, 0.25) is 11.8 Å². The molecule has 0 aromatic heterocycles. The molecule has 0 bridgehead atoms. The van der Waals surface area contributed by atoms with E-state index in [0.717, 1.165) is 5.56 Å². The van der Waals surface area contributed by atoms with Gasteiger partial charge in [0.05, 0.1) is 6.61 Å². The number of hydrogen-bond donors (Lipinski definition) is 4. The van der Waals surface area contributed by atoms with Crippen molar-refractivity contribution in [3.63, 3.8) is 0 Å². The van der Waals surface area contributed by atoms with Gasteiger partial charge in [-0.2, -0.15) is 0 Å². The molecular formula is C24H29ClN4O4. The molecular weight excluding hydrogens is 444 g/mol. The number of benzene rings is 2. The number of nitrogens with one attached hydrogen (secondary N) is 4. The second kappa shape index (κ2) is 12.3. The highest BCUT2D eigenvalue weighted by atomic mass is 35.5. The highest BCUT2D eigenvalue weighted by Crippen LogP contribution is 2.19. The van der Waals surface area contributed by atoms with E-state index in [2.05, 4.69) is 21.3 Å². The quantitative estimate of drug-likeness (QED) is 0.393. The summed E-state index contributed by atoms with van der Waals surface area (Å²) >= 11 is 5.84. The fourth-order valence-corrected chi connectivity index (χ4v) is 3.75. The second-order valence-corrected chi connectivity index (χ2v) is 8.31. The lowest BCUT2D eigenvalue weighted by molar-refractivity contribution is -0.137. The Morgan fingerprint density at radius 1 is 0.939 bits per heavy atom. The SMILES string of the molecule is O=C(COCc1ccccc1)NC1(C(=O)NCCNC(=O)c2ccc(Cl)cc2)CCNCC1. The van der Waals surface area contributed by atoms with Crippen molar-refractivity contribution in [3.05, 3.63) is 70.7 Å². The van der Waals surface area contributed by atoms with Crippen LogP contribution < -0.4 is 21.3 Å². The van der Waals surface area contributed by atoms with Crippen molar-refractivity contribution in [2.45, 2.75) is 25.0 Å². The standard InChI is InChI=1S/C24H29ClN4O4/c25-20-8-6-19(7-9-20)22(31)27-14-15-28-23(32)24(10-12-26-13-11-24)29-21(30)17-33-16-18-4-2-1-3-5-18/h1-9,26H,10-17H2,(H,27,31)(H,28,32)(H,29,30). The predicted octanol–water partition coefficient (Wildman–Crippen LogP) is 1.64. The summed E-state index contributed by atoms with van der Waals surface area (Å²) in [5.74, 6) is -0.846. The van der Waals surface area contributed by atoms with E-state index in [4.69, 9.17) is 16.3 Å². The monoisotopic (exact) mass is 472 g/mol. The van der Waals surface area contributed by atoms with Gasteiger partial charge in [0.15, 0.2) is 0 Å². The first-order chi connectivity index (χ1) is 16.0. The molecule has 8 nitrogen and oxygen atoms in total. The molecule has 2 aromatic carbocycles. The van der Waals surface area contributed by atoms with Crippen LogP contribution >= 0.6 is 11.6 Å². The Hall–Kier alpha value is -2.94. The summed E-state index contributed by atoms with van der Waals surface area (Å²) in [6, 6.07) is 16.1. The lowest BCUT2D eigenvalue weighted by atomic mass is 9.87. The summed E-state index contributed by atoms with van der Waals surface area (Å²) in [5.41, 5.74) is 0.460. The summed E-state index contributed by atoms with van der Waals surface area (Å²) in [4.78, 5) is 37.7. The van der Waals surface area contributed by atoms with Crippen molar-refractivity contribution in [2.24, 2.45) is 0 Å². The largest absolute Gasteiger partial charge is 0.367 e. The van der Waals surface area contributed by atoms with Crippen LogP contribution in [0.3, 0.4) is 0 Å². The zero-order chi connectivity index (χ0) is 23.5. The van der Waals surface area contributed by atoms with Crippen molar-refractivity contribution in [2.75, 3.05) is 32.8 Å². The van der Waals surface area contributed by atoms with Gasteiger partial charge in [-0.05, 0) is 55.8 Å². The van der Waals surface area contributed by atoms with E-state index in [1.807, 2.05) is 30.3 Å². The average Bonchev–Trinajstić information content (AvgIpc) is 2.83. The van der Waals surface area contributed by atoms with Gasteiger partial charge in [-0.25, -0.2) is 0 Å². The average molecular weight is 473 g/mol. The maximum Gasteiger partial charge on any atom is 0.251 e. The molecule has 0 atom stereocenters. The molecule has 1 aliphatic rings. The molecule has 0 unspecified atom stereocenters. The van der Waals surface area contributed by atoms with Gasteiger partial charge in [0.1, 0.15) is 12.1 Å². The summed E-state index contributed by atoms with van der Waals surface area (Å²) in [7, 11) is 0. The van der Waals surface area contributed by atoms with Crippen LogP contribution in [0.25, 0.3) is 0 Å². The molecule has 1 heterocycles. The summed E-state index contributed by atoms with van der Waals surface area (Å²) in [5, 5.41) is 12.2. The van der Waals surface area contributed by atoms with E-state index >= 15 is 0 Å². The predicted molar refractivity (Wildman–Crippen MR) is 126 cm³/mol. The van der Waals surface area contributed by atoms with E-state index in [9.17, 15) is 14.4 Å². The fraction of sp³-hybridized carbons (Fsp3) is 0.375. The van der Waals surface area contributed by atoms with Crippen LogP contribution in [-0.4, -0.2) is 56.0 Å². The minimum absolute atomic E-state index is 0.130. The topological polar surface area (TPSA) is 109 Å². The number of amides is 3. The molecule has 0 aliphatic carbocycles. The van der Waals surface area contributed by atoms with Crippen molar-refractivity contribution < 1.29 is 19.1 Å². The van der Waals surface area contributed by atoms with E-state index in [-0.39, 0.29) is 37.4 Å². The van der Waals surface area contributed by atoms with Crippen molar-refractivity contribution in [1.29, 1.82) is 0 Å². The molecule has 1 aliphatic heterocycles. The number of carbonyl (C=O) groups excluding carboxylic acids is 3. The normalized spacial score (nSPS) is 14.8. The molecule has 0 spiro atoms. The van der Waals surface area contributed by atoms with Crippen LogP contribution in [0, 0.1) is 0 Å². The van der Waals surface area contributed by atoms with Gasteiger partial charge >= 0.3 is 0 Å². The first-order valence-electron chi connectivity index (χ1n) is 10.9. The molecule has 2 aromatic rings. The molecule has 4 N–H and O–H groups in total. The molecule has 9 heteroatoms. The van der Waals surface area contributed by atoms with E-state index in [1.165, 1.54) is 0 Å². The highest BCUT2D eigenvalue weighted by Gasteiger charge is 2.40. The minimum Gasteiger partial charge on any atom is -0.367 e. The number of halogens is 1. The molecule has 0 radical (unpaired) electrons. The molecule has 33 heavy (non-hydrogen) atoms. The summed E-state index contributed by atoms with van der Waals surface area (Å²) in [6.07, 6.45) is 0.945. The van der Waals surface area contributed by atoms with E-state index < -0.39 is 5.54 Å². The van der Waals surface area contributed by atoms with Crippen molar-refractivity contribution in [1.82, 2.24) is 21.3 Å². The Labute approximate surface area is 198 Å². The zero-order valence-corrected chi connectivity index (χ0v) is 19.1. The van der Waals surface area contributed by atoms with Crippen LogP contribution in [0.5, 0.6) is 0 Å². The molecule has 0 saturated carbocycles. The summed E-state index contributed by atoms with van der Waals surface area (Å²) in [6.45, 7) is 1.93. The molecule has 1 fully saturated rings. The number of rotatable bonds is 10. The summed E-state index contributed by atoms with van der Waals surface area (Å²) < 4.78 is 5.51. The number of ether oxygens (including phenoxy) is 1. The molecule has 3 rings (SSSR count). The van der Waals surface area contributed by atoms with Crippen LogP contribution in [0.15, 0.2) is 54.6 Å². The zero-order valence-electron chi connectivity index (χ0n) is 18.4. The number of piperidine rings is 1.